The van der Waals surface area contributed by atoms with Crippen LogP contribution >= 0.6 is 0 Å². The van der Waals surface area contributed by atoms with E-state index in [1.54, 1.807) is 7.11 Å². The predicted molar refractivity (Wildman–Crippen MR) is 82.5 cm³/mol. The molecule has 0 aliphatic carbocycles. The van der Waals surface area contributed by atoms with Crippen molar-refractivity contribution in [1.29, 1.82) is 0 Å². The summed E-state index contributed by atoms with van der Waals surface area (Å²) in [7, 11) is 1.66. The molecule has 2 rings (SSSR count). The number of methoxy groups -OCH3 is 1. The highest BCUT2D eigenvalue weighted by Crippen LogP contribution is 2.32. The minimum absolute atomic E-state index is 0.0968. The van der Waals surface area contributed by atoms with Crippen LogP contribution < -0.4 is 4.74 Å². The number of hydrogen-bond donors (Lipinski definition) is 0. The fourth-order valence-corrected chi connectivity index (χ4v) is 2.64. The lowest BCUT2D eigenvalue weighted by Gasteiger charge is -2.37. The molecular formula is C17H25NO3. The van der Waals surface area contributed by atoms with Crippen LogP contribution in [0.5, 0.6) is 5.75 Å². The molecule has 0 bridgehead atoms. The summed E-state index contributed by atoms with van der Waals surface area (Å²) in [6.07, 6.45) is 2.93. The van der Waals surface area contributed by atoms with Gasteiger partial charge in [-0.15, -0.1) is 0 Å². The van der Waals surface area contributed by atoms with Crippen LogP contribution in [0.3, 0.4) is 0 Å². The molecule has 1 aliphatic rings. The fraction of sp³-hybridized carbons (Fsp3) is 0.588. The Morgan fingerprint density at radius 2 is 1.86 bits per heavy atom. The molecule has 0 saturated carbocycles. The zero-order valence-corrected chi connectivity index (χ0v) is 13.4. The van der Waals surface area contributed by atoms with Gasteiger partial charge in [-0.3, -0.25) is 0 Å². The highest BCUT2D eigenvalue weighted by atomic mass is 16.6. The Hall–Kier alpha value is -1.71. The van der Waals surface area contributed by atoms with Crippen LogP contribution in [0.2, 0.25) is 0 Å². The molecule has 0 radical (unpaired) electrons. The van der Waals surface area contributed by atoms with Crippen molar-refractivity contribution in [1.82, 2.24) is 4.90 Å². The maximum Gasteiger partial charge on any atom is 0.410 e. The lowest BCUT2D eigenvalue weighted by molar-refractivity contribution is 0.00951. The molecule has 1 amide bonds. The van der Waals surface area contributed by atoms with Crippen molar-refractivity contribution in [2.75, 3.05) is 13.7 Å². The van der Waals surface area contributed by atoms with Crippen LogP contribution in [0.15, 0.2) is 24.3 Å². The summed E-state index contributed by atoms with van der Waals surface area (Å²) in [5.74, 6) is 0.832. The lowest BCUT2D eigenvalue weighted by atomic mass is 9.95. The Morgan fingerprint density at radius 3 is 2.43 bits per heavy atom. The smallest absolute Gasteiger partial charge is 0.410 e. The van der Waals surface area contributed by atoms with Crippen molar-refractivity contribution in [3.8, 4) is 5.75 Å². The molecule has 1 heterocycles. The van der Waals surface area contributed by atoms with Crippen molar-refractivity contribution in [3.63, 3.8) is 0 Å². The molecule has 4 nitrogen and oxygen atoms in total. The van der Waals surface area contributed by atoms with Gasteiger partial charge in [0.1, 0.15) is 11.4 Å². The average Bonchev–Trinajstić information content (AvgIpc) is 2.45. The van der Waals surface area contributed by atoms with Crippen LogP contribution in [0, 0.1) is 0 Å². The second-order valence-corrected chi connectivity index (χ2v) is 6.46. The van der Waals surface area contributed by atoms with Crippen molar-refractivity contribution in [2.24, 2.45) is 0 Å². The Balaban J connectivity index is 2.16. The van der Waals surface area contributed by atoms with E-state index in [-0.39, 0.29) is 12.1 Å². The Kier molecular flexibility index (Phi) is 4.76. The molecule has 4 heteroatoms. The summed E-state index contributed by atoms with van der Waals surface area (Å²) in [5, 5.41) is 0. The summed E-state index contributed by atoms with van der Waals surface area (Å²) in [4.78, 5) is 14.3. The second-order valence-electron chi connectivity index (χ2n) is 6.46. The Morgan fingerprint density at radius 1 is 1.19 bits per heavy atom. The average molecular weight is 291 g/mol. The molecule has 116 valence electrons. The lowest BCUT2D eigenvalue weighted by Crippen LogP contribution is -2.41. The topological polar surface area (TPSA) is 38.8 Å². The zero-order valence-electron chi connectivity index (χ0n) is 13.4. The molecule has 1 unspecified atom stereocenters. The number of hydrogen-bond acceptors (Lipinski definition) is 3. The fourth-order valence-electron chi connectivity index (χ4n) is 2.64. The summed E-state index contributed by atoms with van der Waals surface area (Å²) in [6.45, 7) is 6.46. The van der Waals surface area contributed by atoms with Gasteiger partial charge in [0.25, 0.3) is 0 Å². The van der Waals surface area contributed by atoms with Gasteiger partial charge < -0.3 is 14.4 Å². The first-order valence-electron chi connectivity index (χ1n) is 7.54. The molecule has 0 aromatic heterocycles. The van der Waals surface area contributed by atoms with Crippen molar-refractivity contribution in [3.05, 3.63) is 29.8 Å². The van der Waals surface area contributed by atoms with Gasteiger partial charge in [0.15, 0.2) is 0 Å². The Bertz CT molecular complexity index is 476. The summed E-state index contributed by atoms with van der Waals surface area (Å²) < 4.78 is 10.7. The van der Waals surface area contributed by atoms with Gasteiger partial charge in [0.05, 0.1) is 13.2 Å². The largest absolute Gasteiger partial charge is 0.497 e. The molecule has 21 heavy (non-hydrogen) atoms. The highest BCUT2D eigenvalue weighted by molar-refractivity contribution is 5.69. The standard InChI is InChI=1S/C17H25NO3/c1-17(2,3)21-16(19)18-12-6-5-7-15(18)13-8-10-14(20-4)11-9-13/h8-11,15H,5-7,12H2,1-4H3. The molecule has 0 N–H and O–H groups in total. The van der Waals surface area contributed by atoms with Gasteiger partial charge >= 0.3 is 6.09 Å². The van der Waals surface area contributed by atoms with E-state index in [1.807, 2.05) is 49.9 Å². The molecule has 0 spiro atoms. The highest BCUT2D eigenvalue weighted by Gasteiger charge is 2.31. The van der Waals surface area contributed by atoms with E-state index in [0.717, 1.165) is 37.1 Å². The minimum atomic E-state index is -0.459. The van der Waals surface area contributed by atoms with E-state index in [4.69, 9.17) is 9.47 Å². The van der Waals surface area contributed by atoms with Crippen LogP contribution in [-0.2, 0) is 4.74 Å². The molecule has 1 saturated heterocycles. The summed E-state index contributed by atoms with van der Waals surface area (Å²) in [6, 6.07) is 8.05. The second kappa shape index (κ2) is 6.37. The quantitative estimate of drug-likeness (QED) is 0.821. The van der Waals surface area contributed by atoms with Crippen LogP contribution in [0.4, 0.5) is 4.79 Å². The predicted octanol–water partition coefficient (Wildman–Crippen LogP) is 4.16. The van der Waals surface area contributed by atoms with E-state index in [2.05, 4.69) is 0 Å². The van der Waals surface area contributed by atoms with Gasteiger partial charge in [0, 0.05) is 6.54 Å². The number of ether oxygens (including phenoxy) is 2. The van der Waals surface area contributed by atoms with Crippen LogP contribution in [-0.4, -0.2) is 30.2 Å². The van der Waals surface area contributed by atoms with Crippen LogP contribution in [0.25, 0.3) is 0 Å². The maximum absolute atomic E-state index is 12.4. The normalized spacial score (nSPS) is 19.2. The number of carbonyl (C=O) groups is 1. The third-order valence-electron chi connectivity index (χ3n) is 3.63. The van der Waals surface area contributed by atoms with Crippen molar-refractivity contribution >= 4 is 6.09 Å². The third kappa shape index (κ3) is 4.13. The first-order valence-corrected chi connectivity index (χ1v) is 7.54. The van der Waals surface area contributed by atoms with E-state index in [9.17, 15) is 4.79 Å². The molecular weight excluding hydrogens is 266 g/mol. The van der Waals surface area contributed by atoms with Gasteiger partial charge in [-0.2, -0.15) is 0 Å². The molecule has 1 aliphatic heterocycles. The molecule has 1 atom stereocenters. The van der Waals surface area contributed by atoms with E-state index < -0.39 is 5.60 Å². The minimum Gasteiger partial charge on any atom is -0.497 e. The number of benzene rings is 1. The number of amides is 1. The maximum atomic E-state index is 12.4. The van der Waals surface area contributed by atoms with E-state index in [1.165, 1.54) is 0 Å². The van der Waals surface area contributed by atoms with Crippen molar-refractivity contribution < 1.29 is 14.3 Å². The zero-order chi connectivity index (χ0) is 15.5. The Labute approximate surface area is 127 Å². The summed E-state index contributed by atoms with van der Waals surface area (Å²) in [5.41, 5.74) is 0.681. The first kappa shape index (κ1) is 15.7. The van der Waals surface area contributed by atoms with Crippen molar-refractivity contribution in [2.45, 2.75) is 51.7 Å². The SMILES string of the molecule is COc1ccc(C2CCCCN2C(=O)OC(C)(C)C)cc1. The van der Waals surface area contributed by atoms with Gasteiger partial charge in [-0.1, -0.05) is 12.1 Å². The third-order valence-corrected chi connectivity index (χ3v) is 3.63. The number of piperidine rings is 1. The molecule has 1 aromatic rings. The van der Waals surface area contributed by atoms with Gasteiger partial charge in [-0.25, -0.2) is 4.79 Å². The summed E-state index contributed by atoms with van der Waals surface area (Å²) >= 11 is 0. The van der Waals surface area contributed by atoms with Gasteiger partial charge in [0.2, 0.25) is 0 Å². The number of nitrogens with zero attached hydrogens (tertiary/aromatic N) is 1. The first-order chi connectivity index (χ1) is 9.90. The molecule has 1 fully saturated rings. The van der Waals surface area contributed by atoms with Gasteiger partial charge in [-0.05, 0) is 57.7 Å². The number of likely N-dealkylation sites (tertiary alicyclic amines) is 1. The monoisotopic (exact) mass is 291 g/mol. The number of rotatable bonds is 2. The molecule has 1 aromatic carbocycles. The van der Waals surface area contributed by atoms with E-state index >= 15 is 0 Å². The van der Waals surface area contributed by atoms with Crippen LogP contribution in [0.1, 0.15) is 51.6 Å². The van der Waals surface area contributed by atoms with E-state index in [0.29, 0.717) is 0 Å². The number of carbonyl (C=O) groups excluding carboxylic acids is 1.